The fourth-order valence-electron chi connectivity index (χ4n) is 1.92. The van der Waals surface area contributed by atoms with Gasteiger partial charge in [-0.15, -0.1) is 22.7 Å². The van der Waals surface area contributed by atoms with Crippen molar-refractivity contribution in [2.24, 2.45) is 10.2 Å². The lowest BCUT2D eigenvalue weighted by Crippen LogP contribution is -2.18. The SMILES string of the molecule is O=C(CCCCCC(=O)NN=Cc1cccs1)NN=Cc1cccs1. The van der Waals surface area contributed by atoms with Gasteiger partial charge in [-0.1, -0.05) is 18.6 Å². The van der Waals surface area contributed by atoms with Crippen LogP contribution in [0.15, 0.2) is 45.2 Å². The van der Waals surface area contributed by atoms with Crippen LogP contribution >= 0.6 is 22.7 Å². The number of unbranched alkanes of at least 4 members (excludes halogenated alkanes) is 2. The number of rotatable bonds is 10. The maximum absolute atomic E-state index is 11.6. The molecule has 0 spiro atoms. The van der Waals surface area contributed by atoms with E-state index in [4.69, 9.17) is 0 Å². The largest absolute Gasteiger partial charge is 0.273 e. The minimum absolute atomic E-state index is 0.113. The van der Waals surface area contributed by atoms with E-state index in [9.17, 15) is 9.59 Å². The summed E-state index contributed by atoms with van der Waals surface area (Å²) < 4.78 is 0. The van der Waals surface area contributed by atoms with E-state index in [2.05, 4.69) is 21.1 Å². The van der Waals surface area contributed by atoms with E-state index in [0.29, 0.717) is 12.8 Å². The molecule has 2 rings (SSSR count). The first-order valence-corrected chi connectivity index (χ1v) is 9.71. The average molecular weight is 377 g/mol. The maximum atomic E-state index is 11.6. The molecular formula is C17H20N4O2S2. The number of thiophene rings is 2. The Morgan fingerprint density at radius 3 is 1.72 bits per heavy atom. The van der Waals surface area contributed by atoms with Crippen LogP contribution in [0.5, 0.6) is 0 Å². The highest BCUT2D eigenvalue weighted by Gasteiger charge is 2.02. The highest BCUT2D eigenvalue weighted by molar-refractivity contribution is 7.12. The van der Waals surface area contributed by atoms with Crippen LogP contribution in [0, 0.1) is 0 Å². The number of hydrogen-bond donors (Lipinski definition) is 2. The quantitative estimate of drug-likeness (QED) is 0.379. The maximum Gasteiger partial charge on any atom is 0.240 e. The van der Waals surface area contributed by atoms with E-state index in [1.54, 1.807) is 35.1 Å². The Hall–Kier alpha value is -2.32. The second-order valence-corrected chi connectivity index (χ2v) is 7.14. The van der Waals surface area contributed by atoms with Crippen molar-refractivity contribution in [3.8, 4) is 0 Å². The van der Waals surface area contributed by atoms with Crippen molar-refractivity contribution in [3.05, 3.63) is 44.8 Å². The van der Waals surface area contributed by atoms with Crippen LogP contribution in [0.2, 0.25) is 0 Å². The number of carbonyl (C=O) groups is 2. The Bertz CT molecular complexity index is 634. The number of hydrazone groups is 2. The molecule has 0 aliphatic heterocycles. The van der Waals surface area contributed by atoms with Crippen molar-refractivity contribution in [1.82, 2.24) is 10.9 Å². The molecule has 0 saturated carbocycles. The highest BCUT2D eigenvalue weighted by atomic mass is 32.1. The van der Waals surface area contributed by atoms with E-state index >= 15 is 0 Å². The fourth-order valence-corrected chi connectivity index (χ4v) is 3.09. The van der Waals surface area contributed by atoms with Gasteiger partial charge in [0.25, 0.3) is 0 Å². The van der Waals surface area contributed by atoms with Crippen LogP contribution in [-0.2, 0) is 9.59 Å². The summed E-state index contributed by atoms with van der Waals surface area (Å²) in [5, 5.41) is 11.7. The standard InChI is InChI=1S/C17H20N4O2S2/c22-16(20-18-12-14-6-4-10-24-14)8-2-1-3-9-17(23)21-19-13-15-7-5-11-25-15/h4-7,10-13H,1-3,8-9H2,(H,20,22)(H,21,23). The molecule has 6 nitrogen and oxygen atoms in total. The summed E-state index contributed by atoms with van der Waals surface area (Å²) in [5.41, 5.74) is 5.00. The third kappa shape index (κ3) is 8.37. The van der Waals surface area contributed by atoms with Gasteiger partial charge in [0.15, 0.2) is 0 Å². The predicted molar refractivity (Wildman–Crippen MR) is 103 cm³/mol. The number of hydrogen-bond acceptors (Lipinski definition) is 6. The molecule has 0 unspecified atom stereocenters. The normalized spacial score (nSPS) is 11.2. The molecular weight excluding hydrogens is 356 g/mol. The summed E-state index contributed by atoms with van der Waals surface area (Å²) in [6.07, 6.45) is 6.33. The molecule has 0 bridgehead atoms. The Labute approximate surface area is 154 Å². The van der Waals surface area contributed by atoms with Gasteiger partial charge < -0.3 is 0 Å². The summed E-state index contributed by atoms with van der Waals surface area (Å²) in [4.78, 5) is 25.2. The zero-order chi connectivity index (χ0) is 17.7. The van der Waals surface area contributed by atoms with Crippen LogP contribution in [0.4, 0.5) is 0 Å². The summed E-state index contributed by atoms with van der Waals surface area (Å²) in [6, 6.07) is 7.71. The molecule has 0 aliphatic carbocycles. The third-order valence-electron chi connectivity index (χ3n) is 3.16. The van der Waals surface area contributed by atoms with Gasteiger partial charge in [0.1, 0.15) is 0 Å². The summed E-state index contributed by atoms with van der Waals surface area (Å²) >= 11 is 3.12. The molecule has 0 aliphatic rings. The van der Waals surface area contributed by atoms with Crippen LogP contribution in [-0.4, -0.2) is 24.2 Å². The van der Waals surface area contributed by atoms with Gasteiger partial charge in [-0.3, -0.25) is 9.59 Å². The van der Waals surface area contributed by atoms with Crippen molar-refractivity contribution < 1.29 is 9.59 Å². The first-order valence-electron chi connectivity index (χ1n) is 7.95. The van der Waals surface area contributed by atoms with Gasteiger partial charge in [0.05, 0.1) is 12.4 Å². The Kier molecular flexibility index (Phi) is 8.57. The molecule has 0 aromatic carbocycles. The first kappa shape index (κ1) is 19.0. The van der Waals surface area contributed by atoms with Gasteiger partial charge >= 0.3 is 0 Å². The molecule has 2 aromatic rings. The van der Waals surface area contributed by atoms with Crippen LogP contribution in [0.25, 0.3) is 0 Å². The molecule has 0 radical (unpaired) electrons. The second kappa shape index (κ2) is 11.3. The van der Waals surface area contributed by atoms with Crippen LogP contribution in [0.1, 0.15) is 41.9 Å². The first-order chi connectivity index (χ1) is 12.2. The minimum atomic E-state index is -0.113. The topological polar surface area (TPSA) is 82.9 Å². The van der Waals surface area contributed by atoms with Crippen molar-refractivity contribution in [2.75, 3.05) is 0 Å². The Balaban J connectivity index is 1.48. The van der Waals surface area contributed by atoms with Gasteiger partial charge in [-0.05, 0) is 35.7 Å². The van der Waals surface area contributed by atoms with E-state index in [1.807, 2.05) is 35.0 Å². The van der Waals surface area contributed by atoms with Crippen LogP contribution < -0.4 is 10.9 Å². The number of carbonyl (C=O) groups excluding carboxylic acids is 2. The molecule has 0 saturated heterocycles. The fraction of sp³-hybridized carbons (Fsp3) is 0.294. The van der Waals surface area contributed by atoms with Gasteiger partial charge in [-0.2, -0.15) is 10.2 Å². The summed E-state index contributed by atoms with van der Waals surface area (Å²) in [6.45, 7) is 0. The second-order valence-electron chi connectivity index (χ2n) is 5.18. The zero-order valence-corrected chi connectivity index (χ0v) is 15.3. The van der Waals surface area contributed by atoms with Crippen molar-refractivity contribution >= 4 is 46.9 Å². The Morgan fingerprint density at radius 1 is 0.840 bits per heavy atom. The molecule has 0 atom stereocenters. The van der Waals surface area contributed by atoms with Gasteiger partial charge in [-0.25, -0.2) is 10.9 Å². The van der Waals surface area contributed by atoms with Gasteiger partial charge in [0, 0.05) is 22.6 Å². The lowest BCUT2D eigenvalue weighted by atomic mass is 10.1. The average Bonchev–Trinajstić information content (AvgIpc) is 3.28. The predicted octanol–water partition coefficient (Wildman–Crippen LogP) is 3.36. The summed E-state index contributed by atoms with van der Waals surface area (Å²) in [7, 11) is 0. The van der Waals surface area contributed by atoms with E-state index < -0.39 is 0 Å². The van der Waals surface area contributed by atoms with Gasteiger partial charge in [0.2, 0.25) is 11.8 Å². The number of amides is 2. The lowest BCUT2D eigenvalue weighted by molar-refractivity contribution is -0.121. The summed E-state index contributed by atoms with van der Waals surface area (Å²) in [5.74, 6) is -0.226. The monoisotopic (exact) mass is 376 g/mol. The van der Waals surface area contributed by atoms with Crippen molar-refractivity contribution in [3.63, 3.8) is 0 Å². The molecule has 132 valence electrons. The van der Waals surface area contributed by atoms with E-state index in [-0.39, 0.29) is 11.8 Å². The molecule has 8 heteroatoms. The number of nitrogens with one attached hydrogen (secondary N) is 2. The smallest absolute Gasteiger partial charge is 0.240 e. The van der Waals surface area contributed by atoms with E-state index in [0.717, 1.165) is 29.0 Å². The van der Waals surface area contributed by atoms with Crippen molar-refractivity contribution in [1.29, 1.82) is 0 Å². The Morgan fingerprint density at radius 2 is 1.32 bits per heavy atom. The molecule has 2 heterocycles. The van der Waals surface area contributed by atoms with Crippen molar-refractivity contribution in [2.45, 2.75) is 32.1 Å². The number of nitrogens with zero attached hydrogens (tertiary/aromatic N) is 2. The lowest BCUT2D eigenvalue weighted by Gasteiger charge is -2.01. The minimum Gasteiger partial charge on any atom is -0.273 e. The van der Waals surface area contributed by atoms with E-state index in [1.165, 1.54) is 0 Å². The molecule has 25 heavy (non-hydrogen) atoms. The highest BCUT2D eigenvalue weighted by Crippen LogP contribution is 2.06. The molecule has 2 N–H and O–H groups in total. The molecule has 0 fully saturated rings. The van der Waals surface area contributed by atoms with Crippen LogP contribution in [0.3, 0.4) is 0 Å². The molecule has 2 aromatic heterocycles. The zero-order valence-electron chi connectivity index (χ0n) is 13.7. The third-order valence-corrected chi connectivity index (χ3v) is 4.77. The molecule has 2 amide bonds.